The molecule has 2 rings (SSSR count). The van der Waals surface area contributed by atoms with Crippen molar-refractivity contribution in [2.45, 2.75) is 19.1 Å². The van der Waals surface area contributed by atoms with E-state index in [1.54, 1.807) is 31.2 Å². The lowest BCUT2D eigenvalue weighted by Gasteiger charge is -2.24. The van der Waals surface area contributed by atoms with Gasteiger partial charge in [-0.05, 0) is 48.9 Å². The molecular formula is C17H17BrClNO3. The highest BCUT2D eigenvalue weighted by atomic mass is 79.9. The molecule has 122 valence electrons. The number of halogens is 2. The second-order valence-electron chi connectivity index (χ2n) is 4.88. The van der Waals surface area contributed by atoms with Crippen molar-refractivity contribution in [1.29, 1.82) is 0 Å². The van der Waals surface area contributed by atoms with Gasteiger partial charge in [-0.1, -0.05) is 39.7 Å². The summed E-state index contributed by atoms with van der Waals surface area (Å²) < 4.78 is 5.84. The van der Waals surface area contributed by atoms with Crippen molar-refractivity contribution in [3.63, 3.8) is 0 Å². The van der Waals surface area contributed by atoms with Crippen LogP contribution in [0.1, 0.15) is 18.5 Å². The Morgan fingerprint density at radius 1 is 1.22 bits per heavy atom. The topological polar surface area (TPSA) is 58.6 Å². The van der Waals surface area contributed by atoms with Crippen LogP contribution in [0.25, 0.3) is 0 Å². The molecule has 0 fully saturated rings. The van der Waals surface area contributed by atoms with Crippen LogP contribution in [-0.4, -0.2) is 23.8 Å². The van der Waals surface area contributed by atoms with Gasteiger partial charge in [0.2, 0.25) is 0 Å². The molecule has 2 atom stereocenters. The maximum absolute atomic E-state index is 11.9. The third kappa shape index (κ3) is 4.96. The molecule has 0 heterocycles. The second kappa shape index (κ2) is 8.34. The molecule has 0 unspecified atom stereocenters. The molecule has 0 saturated heterocycles. The quantitative estimate of drug-likeness (QED) is 0.717. The first-order chi connectivity index (χ1) is 11.0. The molecule has 0 amide bonds. The number of anilines is 1. The van der Waals surface area contributed by atoms with E-state index in [2.05, 4.69) is 21.2 Å². The maximum Gasteiger partial charge on any atom is 0.337 e. The van der Waals surface area contributed by atoms with E-state index in [0.29, 0.717) is 5.02 Å². The largest absolute Gasteiger partial charge is 0.464 e. The van der Waals surface area contributed by atoms with Crippen molar-refractivity contribution in [3.8, 4) is 0 Å². The molecule has 2 aromatic carbocycles. The molecule has 0 radical (unpaired) electrons. The summed E-state index contributed by atoms with van der Waals surface area (Å²) in [5.74, 6) is -0.665. The highest BCUT2D eigenvalue weighted by Gasteiger charge is 2.28. The van der Waals surface area contributed by atoms with Gasteiger partial charge in [-0.3, -0.25) is 0 Å². The first-order valence-corrected chi connectivity index (χ1v) is 8.30. The van der Waals surface area contributed by atoms with Gasteiger partial charge in [0.05, 0.1) is 12.6 Å². The van der Waals surface area contributed by atoms with E-state index in [1.165, 1.54) is 0 Å². The van der Waals surface area contributed by atoms with Crippen molar-refractivity contribution >= 4 is 39.2 Å². The average Bonchev–Trinajstić information content (AvgIpc) is 2.55. The number of rotatable bonds is 6. The third-order valence-corrected chi connectivity index (χ3v) is 4.02. The highest BCUT2D eigenvalue weighted by Crippen LogP contribution is 2.26. The van der Waals surface area contributed by atoms with Gasteiger partial charge in [0.25, 0.3) is 0 Å². The molecule has 2 N–H and O–H groups in total. The van der Waals surface area contributed by atoms with Crippen LogP contribution in [0.5, 0.6) is 0 Å². The summed E-state index contributed by atoms with van der Waals surface area (Å²) in [6.45, 7) is 1.91. The predicted molar refractivity (Wildman–Crippen MR) is 94.6 cm³/mol. The summed E-state index contributed by atoms with van der Waals surface area (Å²) in [7, 11) is 0. The Balaban J connectivity index is 2.28. The summed E-state index contributed by atoms with van der Waals surface area (Å²) in [6, 6.07) is 13.8. The first-order valence-electron chi connectivity index (χ1n) is 7.13. The normalized spacial score (nSPS) is 13.2. The summed E-state index contributed by atoms with van der Waals surface area (Å²) >= 11 is 9.25. The van der Waals surface area contributed by atoms with Gasteiger partial charge in [-0.15, -0.1) is 0 Å². The molecule has 0 aliphatic rings. The van der Waals surface area contributed by atoms with Crippen LogP contribution in [0.15, 0.2) is 53.0 Å². The summed E-state index contributed by atoms with van der Waals surface area (Å²) in [5.41, 5.74) is 1.51. The van der Waals surface area contributed by atoms with E-state index in [-0.39, 0.29) is 6.61 Å². The molecule has 0 aromatic heterocycles. The number of esters is 1. The number of hydrogen-bond donors (Lipinski definition) is 2. The van der Waals surface area contributed by atoms with Crippen molar-refractivity contribution in [2.24, 2.45) is 0 Å². The van der Waals surface area contributed by atoms with E-state index in [9.17, 15) is 9.90 Å². The standard InChI is InChI=1S/C17H17BrClNO3/c1-2-23-17(22)16(21)15(11-3-5-12(18)6-4-11)20-14-9-7-13(19)8-10-14/h3-10,15-16,20-21H,2H2,1H3/t15-,16+/m1/s1. The molecule has 0 aliphatic heterocycles. The zero-order chi connectivity index (χ0) is 16.8. The fraction of sp³-hybridized carbons (Fsp3) is 0.235. The highest BCUT2D eigenvalue weighted by molar-refractivity contribution is 9.10. The number of aliphatic hydroxyl groups is 1. The van der Waals surface area contributed by atoms with Crippen LogP contribution in [0.2, 0.25) is 5.02 Å². The van der Waals surface area contributed by atoms with Gasteiger partial charge in [0, 0.05) is 15.2 Å². The Hall–Kier alpha value is -1.56. The average molecular weight is 399 g/mol. The number of nitrogens with one attached hydrogen (secondary N) is 1. The molecule has 2 aromatic rings. The zero-order valence-electron chi connectivity index (χ0n) is 12.5. The molecular weight excluding hydrogens is 382 g/mol. The van der Waals surface area contributed by atoms with Gasteiger partial charge in [-0.2, -0.15) is 0 Å². The smallest absolute Gasteiger partial charge is 0.337 e. The number of aliphatic hydroxyl groups excluding tert-OH is 1. The van der Waals surface area contributed by atoms with Gasteiger partial charge in [0.15, 0.2) is 6.10 Å². The SMILES string of the molecule is CCOC(=O)[C@@H](O)[C@H](Nc1ccc(Cl)cc1)c1ccc(Br)cc1. The Morgan fingerprint density at radius 2 is 1.83 bits per heavy atom. The fourth-order valence-electron chi connectivity index (χ4n) is 2.10. The van der Waals surface area contributed by atoms with E-state index < -0.39 is 18.1 Å². The Bertz CT molecular complexity index is 646. The Labute approximate surface area is 148 Å². The first kappa shape index (κ1) is 17.8. The lowest BCUT2D eigenvalue weighted by molar-refractivity contribution is -0.153. The minimum Gasteiger partial charge on any atom is -0.464 e. The van der Waals surface area contributed by atoms with Crippen molar-refractivity contribution in [3.05, 3.63) is 63.6 Å². The fourth-order valence-corrected chi connectivity index (χ4v) is 2.49. The Morgan fingerprint density at radius 3 is 2.39 bits per heavy atom. The number of benzene rings is 2. The van der Waals surface area contributed by atoms with Gasteiger partial charge < -0.3 is 15.2 Å². The monoisotopic (exact) mass is 397 g/mol. The van der Waals surface area contributed by atoms with Crippen LogP contribution < -0.4 is 5.32 Å². The molecule has 0 aliphatic carbocycles. The number of ether oxygens (including phenoxy) is 1. The number of hydrogen-bond acceptors (Lipinski definition) is 4. The lowest BCUT2D eigenvalue weighted by atomic mass is 10.0. The molecule has 0 bridgehead atoms. The van der Waals surface area contributed by atoms with E-state index in [1.807, 2.05) is 24.3 Å². The van der Waals surface area contributed by atoms with Crippen LogP contribution in [0.3, 0.4) is 0 Å². The molecule has 6 heteroatoms. The molecule has 23 heavy (non-hydrogen) atoms. The molecule has 0 spiro atoms. The van der Waals surface area contributed by atoms with Crippen molar-refractivity contribution in [1.82, 2.24) is 0 Å². The predicted octanol–water partition coefficient (Wildman–Crippen LogP) is 4.18. The van der Waals surface area contributed by atoms with E-state index in [0.717, 1.165) is 15.7 Å². The number of carbonyl (C=O) groups excluding carboxylic acids is 1. The van der Waals surface area contributed by atoms with Gasteiger partial charge >= 0.3 is 5.97 Å². The Kier molecular flexibility index (Phi) is 6.45. The second-order valence-corrected chi connectivity index (χ2v) is 6.23. The maximum atomic E-state index is 11.9. The van der Waals surface area contributed by atoms with E-state index in [4.69, 9.17) is 16.3 Å². The molecule has 4 nitrogen and oxygen atoms in total. The summed E-state index contributed by atoms with van der Waals surface area (Å²) in [6.07, 6.45) is -1.33. The van der Waals surface area contributed by atoms with Crippen LogP contribution in [-0.2, 0) is 9.53 Å². The molecule has 0 saturated carbocycles. The van der Waals surface area contributed by atoms with Crippen LogP contribution in [0, 0.1) is 0 Å². The minimum atomic E-state index is -1.33. The van der Waals surface area contributed by atoms with Crippen molar-refractivity contribution < 1.29 is 14.6 Å². The van der Waals surface area contributed by atoms with E-state index >= 15 is 0 Å². The zero-order valence-corrected chi connectivity index (χ0v) is 14.8. The third-order valence-electron chi connectivity index (χ3n) is 3.24. The summed E-state index contributed by atoms with van der Waals surface area (Å²) in [5, 5.41) is 14.1. The number of carbonyl (C=O) groups is 1. The minimum absolute atomic E-state index is 0.212. The summed E-state index contributed by atoms with van der Waals surface area (Å²) in [4.78, 5) is 11.9. The lowest BCUT2D eigenvalue weighted by Crippen LogP contribution is -2.34. The van der Waals surface area contributed by atoms with Crippen molar-refractivity contribution in [2.75, 3.05) is 11.9 Å². The van der Waals surface area contributed by atoms with Gasteiger partial charge in [0.1, 0.15) is 0 Å². The van der Waals surface area contributed by atoms with Gasteiger partial charge in [-0.25, -0.2) is 4.79 Å². The van der Waals surface area contributed by atoms with Crippen LogP contribution >= 0.6 is 27.5 Å². The van der Waals surface area contributed by atoms with Crippen LogP contribution in [0.4, 0.5) is 5.69 Å².